The van der Waals surface area contributed by atoms with Crippen LogP contribution in [0.25, 0.3) is 0 Å². The van der Waals surface area contributed by atoms with Crippen LogP contribution in [0.5, 0.6) is 0 Å². The van der Waals surface area contributed by atoms with E-state index in [0.29, 0.717) is 0 Å². The Morgan fingerprint density at radius 2 is 1.00 bits per heavy atom. The predicted octanol–water partition coefficient (Wildman–Crippen LogP) is 0.262. The van der Waals surface area contributed by atoms with Gasteiger partial charge in [0.2, 0.25) is 0 Å². The summed E-state index contributed by atoms with van der Waals surface area (Å²) in [5, 5.41) is -6.71. The predicted molar refractivity (Wildman–Crippen MR) is 45.2 cm³/mol. The Bertz CT molecular complexity index is 517. The molecule has 0 aromatic rings. The van der Waals surface area contributed by atoms with Gasteiger partial charge in [0.1, 0.15) is 0 Å². The molecule has 0 radical (unpaired) electrons. The van der Waals surface area contributed by atoms with Crippen molar-refractivity contribution in [3.8, 4) is 0 Å². The minimum absolute atomic E-state index is 0. The van der Waals surface area contributed by atoms with Crippen molar-refractivity contribution in [2.24, 2.45) is 0 Å². The molecular formula is C3H2F8KNO4S2. The number of rotatable bonds is 3. The first kappa shape index (κ1) is 22.2. The van der Waals surface area contributed by atoms with E-state index in [9.17, 15) is 52.0 Å². The van der Waals surface area contributed by atoms with Crippen LogP contribution < -0.4 is 4.13 Å². The second-order valence-electron chi connectivity index (χ2n) is 2.55. The van der Waals surface area contributed by atoms with E-state index in [0.717, 1.165) is 0 Å². The Hall–Kier alpha value is 0.936. The first-order valence-electron chi connectivity index (χ1n) is 3.25. The zero-order valence-electron chi connectivity index (χ0n) is 7.47. The van der Waals surface area contributed by atoms with Gasteiger partial charge in [-0.3, -0.25) is 0 Å². The Morgan fingerprint density at radius 3 is 1.21 bits per heavy atom. The molecule has 112 valence electrons. The van der Waals surface area contributed by atoms with Crippen LogP contribution in [0.1, 0.15) is 0 Å². The van der Waals surface area contributed by atoms with Crippen molar-refractivity contribution in [2.45, 2.75) is 16.9 Å². The molecule has 0 aliphatic heterocycles. The molecule has 0 fully saturated rings. The maximum absolute atomic E-state index is 12.2. The van der Waals surface area contributed by atoms with Gasteiger partial charge in [-0.2, -0.15) is 35.1 Å². The summed E-state index contributed by atoms with van der Waals surface area (Å²) >= 11 is 0. The first-order chi connectivity index (χ1) is 7.46. The quantitative estimate of drug-likeness (QED) is 0.570. The summed E-state index contributed by atoms with van der Waals surface area (Å²) in [7, 11) is -14.1. The van der Waals surface area contributed by atoms with Crippen LogP contribution in [0.15, 0.2) is 0 Å². The van der Waals surface area contributed by atoms with E-state index in [-0.39, 0.29) is 51.4 Å². The molecule has 1 N–H and O–H groups in total. The van der Waals surface area contributed by atoms with Gasteiger partial charge in [-0.15, -0.1) is 0 Å². The fraction of sp³-hybridized carbons (Fsp3) is 1.00. The second-order valence-corrected chi connectivity index (χ2v) is 6.21. The topological polar surface area (TPSA) is 80.3 Å². The van der Waals surface area contributed by atoms with Crippen molar-refractivity contribution in [1.82, 2.24) is 4.13 Å². The van der Waals surface area contributed by atoms with E-state index >= 15 is 0 Å². The molecule has 0 aromatic heterocycles. The summed E-state index contributed by atoms with van der Waals surface area (Å²) < 4.78 is 134. The first-order valence-corrected chi connectivity index (χ1v) is 6.21. The van der Waals surface area contributed by atoms with Crippen molar-refractivity contribution in [2.75, 3.05) is 0 Å². The van der Waals surface area contributed by atoms with Crippen molar-refractivity contribution in [3.63, 3.8) is 0 Å². The van der Waals surface area contributed by atoms with Crippen LogP contribution in [0.2, 0.25) is 0 Å². The molecule has 0 atom stereocenters. The molecule has 0 aromatic carbocycles. The Kier molecular flexibility index (Phi) is 6.99. The van der Waals surface area contributed by atoms with E-state index < -0.39 is 41.1 Å². The van der Waals surface area contributed by atoms with E-state index in [4.69, 9.17) is 0 Å². The monoisotopic (exact) mass is 371 g/mol. The van der Waals surface area contributed by atoms with Crippen molar-refractivity contribution >= 4 is 71.4 Å². The fourth-order valence-electron chi connectivity index (χ4n) is 0.396. The molecule has 0 bridgehead atoms. The number of halogens is 8. The van der Waals surface area contributed by atoms with Gasteiger partial charge in [0.15, 0.2) is 0 Å². The Balaban J connectivity index is 0. The van der Waals surface area contributed by atoms with Gasteiger partial charge in [-0.1, -0.05) is 4.13 Å². The third-order valence-electron chi connectivity index (χ3n) is 1.19. The van der Waals surface area contributed by atoms with Crippen LogP contribution in [0.4, 0.5) is 35.1 Å². The molecule has 0 heterocycles. The summed E-state index contributed by atoms with van der Waals surface area (Å²) in [6, 6.07) is 0. The number of alkyl halides is 8. The summed E-state index contributed by atoms with van der Waals surface area (Å²) in [6.07, 6.45) is -6.79. The molecular weight excluding hydrogens is 369 g/mol. The van der Waals surface area contributed by atoms with Gasteiger partial charge >= 0.3 is 88.4 Å². The van der Waals surface area contributed by atoms with Gasteiger partial charge in [0, 0.05) is 0 Å². The maximum atomic E-state index is 12.2. The van der Waals surface area contributed by atoms with Gasteiger partial charge in [-0.05, 0) is 0 Å². The van der Waals surface area contributed by atoms with Crippen LogP contribution in [-0.2, 0) is 20.0 Å². The molecule has 16 heteroatoms. The van der Waals surface area contributed by atoms with Gasteiger partial charge in [-0.25, -0.2) is 16.8 Å². The average molecular weight is 371 g/mol. The fourth-order valence-corrected chi connectivity index (χ4v) is 2.65. The van der Waals surface area contributed by atoms with E-state index in [1.54, 1.807) is 0 Å². The van der Waals surface area contributed by atoms with E-state index in [1.165, 1.54) is 0 Å². The SMILES string of the molecule is O=S(=O)(NS(=O)(=O)C(F)(F)C(F)(F)F)C(F)(F)F.[KH]. The van der Waals surface area contributed by atoms with Gasteiger partial charge in [0.25, 0.3) is 0 Å². The summed E-state index contributed by atoms with van der Waals surface area (Å²) in [5.41, 5.74) is -6.37. The van der Waals surface area contributed by atoms with E-state index in [2.05, 4.69) is 0 Å². The Labute approximate surface area is 143 Å². The second kappa shape index (κ2) is 5.97. The summed E-state index contributed by atoms with van der Waals surface area (Å²) in [4.78, 5) is 0. The zero-order valence-corrected chi connectivity index (χ0v) is 9.11. The van der Waals surface area contributed by atoms with Crippen LogP contribution in [0.3, 0.4) is 0 Å². The summed E-state index contributed by atoms with van der Waals surface area (Å²) in [6.45, 7) is 0. The van der Waals surface area contributed by atoms with Gasteiger partial charge < -0.3 is 0 Å². The molecule has 0 spiro atoms. The minimum atomic E-state index is -7.17. The Morgan fingerprint density at radius 1 is 0.684 bits per heavy atom. The molecule has 0 unspecified atom stereocenters. The van der Waals surface area contributed by atoms with Crippen LogP contribution in [0, 0.1) is 0 Å². The number of hydrogen-bond acceptors (Lipinski definition) is 4. The molecule has 19 heavy (non-hydrogen) atoms. The van der Waals surface area contributed by atoms with Crippen LogP contribution >= 0.6 is 0 Å². The van der Waals surface area contributed by atoms with E-state index in [1.807, 2.05) is 0 Å². The normalized spacial score (nSPS) is 14.9. The molecule has 0 amide bonds. The number of sulfonamides is 2. The molecule has 0 saturated carbocycles. The van der Waals surface area contributed by atoms with Crippen molar-refractivity contribution in [1.29, 1.82) is 0 Å². The molecule has 5 nitrogen and oxygen atoms in total. The molecule has 0 saturated heterocycles. The van der Waals surface area contributed by atoms with Crippen LogP contribution in [-0.4, -0.2) is 85.2 Å². The summed E-state index contributed by atoms with van der Waals surface area (Å²) in [5.74, 6) is 0. The van der Waals surface area contributed by atoms with Gasteiger partial charge in [0.05, 0.1) is 0 Å². The molecule has 0 rings (SSSR count). The van der Waals surface area contributed by atoms with Crippen molar-refractivity contribution in [3.05, 3.63) is 0 Å². The molecule has 0 aliphatic carbocycles. The third-order valence-corrected chi connectivity index (χ3v) is 4.46. The third kappa shape index (κ3) is 4.72. The average Bonchev–Trinajstić information content (AvgIpc) is 1.96. The number of nitrogens with one attached hydrogen (secondary N) is 1. The number of hydrogen-bond donors (Lipinski definition) is 1. The zero-order chi connectivity index (χ0) is 15.2. The standard InChI is InChI=1S/C3HF8NO4S2.K.H/c4-1(5,6)2(7,8)17(13,14)12-18(15,16)3(9,10)11;;/h12H;;. The van der Waals surface area contributed by atoms with Crippen molar-refractivity contribution < 1.29 is 52.0 Å². The molecule has 0 aliphatic rings.